The standard InChI is InChI=1S/C10H20N2O2S/c1-14-9(13)5-3-2-4-8-10(12)7(11)6-15-8/h7-8,10H,2-6,11-12H2,1H3/t7-,8-,10+/m0/s1. The topological polar surface area (TPSA) is 78.3 Å². The molecule has 0 unspecified atom stereocenters. The number of hydrogen-bond donors (Lipinski definition) is 2. The van der Waals surface area contributed by atoms with Crippen molar-refractivity contribution in [2.45, 2.75) is 43.0 Å². The third-order valence-electron chi connectivity index (χ3n) is 2.77. The van der Waals surface area contributed by atoms with Crippen LogP contribution < -0.4 is 11.5 Å². The third kappa shape index (κ3) is 4.01. The van der Waals surface area contributed by atoms with Crippen molar-refractivity contribution in [3.63, 3.8) is 0 Å². The normalized spacial score (nSPS) is 30.5. The first-order chi connectivity index (χ1) is 7.15. The minimum atomic E-state index is -0.130. The number of rotatable bonds is 5. The molecular weight excluding hydrogens is 212 g/mol. The number of ether oxygens (including phenoxy) is 1. The van der Waals surface area contributed by atoms with Gasteiger partial charge in [0.25, 0.3) is 0 Å². The van der Waals surface area contributed by atoms with Gasteiger partial charge in [0.15, 0.2) is 0 Å². The molecule has 4 N–H and O–H groups in total. The van der Waals surface area contributed by atoms with Crippen LogP contribution in [0.4, 0.5) is 0 Å². The molecule has 0 amide bonds. The van der Waals surface area contributed by atoms with Crippen LogP contribution in [0.25, 0.3) is 0 Å². The van der Waals surface area contributed by atoms with Crippen LogP contribution in [0.5, 0.6) is 0 Å². The van der Waals surface area contributed by atoms with Crippen molar-refractivity contribution in [1.29, 1.82) is 0 Å². The highest BCUT2D eigenvalue weighted by Gasteiger charge is 2.30. The first-order valence-electron chi connectivity index (χ1n) is 5.34. The highest BCUT2D eigenvalue weighted by Crippen LogP contribution is 2.28. The second kappa shape index (κ2) is 6.35. The lowest BCUT2D eigenvalue weighted by atomic mass is 10.0. The van der Waals surface area contributed by atoms with Crippen LogP contribution >= 0.6 is 11.8 Å². The Morgan fingerprint density at radius 1 is 1.47 bits per heavy atom. The van der Waals surface area contributed by atoms with E-state index >= 15 is 0 Å². The smallest absolute Gasteiger partial charge is 0.305 e. The maximum absolute atomic E-state index is 10.9. The van der Waals surface area contributed by atoms with E-state index in [4.69, 9.17) is 11.5 Å². The average molecular weight is 232 g/mol. The van der Waals surface area contributed by atoms with Crippen LogP contribution in [0.2, 0.25) is 0 Å². The fraction of sp³-hybridized carbons (Fsp3) is 0.900. The maximum atomic E-state index is 10.9. The largest absolute Gasteiger partial charge is 0.469 e. The molecule has 1 aliphatic heterocycles. The number of thioether (sulfide) groups is 1. The Bertz CT molecular complexity index is 214. The monoisotopic (exact) mass is 232 g/mol. The number of nitrogens with two attached hydrogens (primary N) is 2. The zero-order valence-corrected chi connectivity index (χ0v) is 9.96. The van der Waals surface area contributed by atoms with E-state index in [0.717, 1.165) is 25.0 Å². The summed E-state index contributed by atoms with van der Waals surface area (Å²) in [5.74, 6) is 0.832. The molecule has 3 atom stereocenters. The van der Waals surface area contributed by atoms with Crippen LogP contribution in [0.1, 0.15) is 25.7 Å². The van der Waals surface area contributed by atoms with E-state index in [2.05, 4.69) is 4.74 Å². The van der Waals surface area contributed by atoms with E-state index < -0.39 is 0 Å². The van der Waals surface area contributed by atoms with Gasteiger partial charge in [0.2, 0.25) is 0 Å². The molecule has 5 heteroatoms. The van der Waals surface area contributed by atoms with Crippen LogP contribution in [-0.2, 0) is 9.53 Å². The molecule has 0 saturated carbocycles. The van der Waals surface area contributed by atoms with Gasteiger partial charge in [0.05, 0.1) is 7.11 Å². The lowest BCUT2D eigenvalue weighted by molar-refractivity contribution is -0.140. The van der Waals surface area contributed by atoms with Gasteiger partial charge in [-0.1, -0.05) is 6.42 Å². The summed E-state index contributed by atoms with van der Waals surface area (Å²) < 4.78 is 4.57. The minimum Gasteiger partial charge on any atom is -0.469 e. The van der Waals surface area contributed by atoms with Crippen molar-refractivity contribution in [1.82, 2.24) is 0 Å². The van der Waals surface area contributed by atoms with Crippen LogP contribution in [-0.4, -0.2) is 36.2 Å². The van der Waals surface area contributed by atoms with Gasteiger partial charge in [0, 0.05) is 29.5 Å². The second-order valence-electron chi connectivity index (χ2n) is 3.93. The maximum Gasteiger partial charge on any atom is 0.305 e. The third-order valence-corrected chi connectivity index (χ3v) is 4.33. The molecule has 4 nitrogen and oxygen atoms in total. The molecule has 88 valence electrons. The van der Waals surface area contributed by atoms with Gasteiger partial charge in [-0.2, -0.15) is 11.8 Å². The summed E-state index contributed by atoms with van der Waals surface area (Å²) in [6.07, 6.45) is 3.46. The van der Waals surface area contributed by atoms with Crippen LogP contribution in [0.15, 0.2) is 0 Å². The van der Waals surface area contributed by atoms with Gasteiger partial charge < -0.3 is 16.2 Å². The Labute approximate surface area is 95.1 Å². The number of esters is 1. The fourth-order valence-corrected chi connectivity index (χ4v) is 3.17. The Hall–Kier alpha value is -0.260. The molecule has 1 saturated heterocycles. The molecule has 0 aliphatic carbocycles. The highest BCUT2D eigenvalue weighted by atomic mass is 32.2. The predicted molar refractivity (Wildman–Crippen MR) is 62.7 cm³/mol. The average Bonchev–Trinajstić information content (AvgIpc) is 2.55. The molecule has 0 spiro atoms. The second-order valence-corrected chi connectivity index (χ2v) is 5.21. The Morgan fingerprint density at radius 2 is 2.20 bits per heavy atom. The summed E-state index contributed by atoms with van der Waals surface area (Å²) in [5, 5.41) is 0.470. The summed E-state index contributed by atoms with van der Waals surface area (Å²) >= 11 is 1.86. The minimum absolute atomic E-state index is 0.119. The summed E-state index contributed by atoms with van der Waals surface area (Å²) in [6, 6.07) is 0.258. The van der Waals surface area contributed by atoms with E-state index in [9.17, 15) is 4.79 Å². The Balaban J connectivity index is 2.08. The first kappa shape index (κ1) is 12.8. The summed E-state index contributed by atoms with van der Waals surface area (Å²) in [7, 11) is 1.42. The molecule has 15 heavy (non-hydrogen) atoms. The molecule has 0 aromatic carbocycles. The van der Waals surface area contributed by atoms with Crippen molar-refractivity contribution < 1.29 is 9.53 Å². The number of carbonyl (C=O) groups is 1. The van der Waals surface area contributed by atoms with Crippen LogP contribution in [0.3, 0.4) is 0 Å². The molecular formula is C10H20N2O2S. The predicted octanol–water partition coefficient (Wildman–Crippen LogP) is 0.490. The summed E-state index contributed by atoms with van der Waals surface area (Å²) in [4.78, 5) is 10.9. The first-order valence-corrected chi connectivity index (χ1v) is 6.39. The zero-order chi connectivity index (χ0) is 11.3. The molecule has 0 radical (unpaired) electrons. The van der Waals surface area contributed by atoms with E-state index in [1.807, 2.05) is 11.8 Å². The molecule has 1 aliphatic rings. The quantitative estimate of drug-likeness (QED) is 0.533. The van der Waals surface area contributed by atoms with Gasteiger partial charge in [-0.15, -0.1) is 0 Å². The van der Waals surface area contributed by atoms with E-state index in [0.29, 0.717) is 11.7 Å². The zero-order valence-electron chi connectivity index (χ0n) is 9.15. The van der Waals surface area contributed by atoms with Crippen molar-refractivity contribution in [3.8, 4) is 0 Å². The molecule has 1 fully saturated rings. The molecule has 1 rings (SSSR count). The SMILES string of the molecule is COC(=O)CCCC[C@@H]1SC[C@H](N)[C@H]1N. The lowest BCUT2D eigenvalue weighted by Gasteiger charge is -2.16. The van der Waals surface area contributed by atoms with E-state index in [1.165, 1.54) is 7.11 Å². The van der Waals surface area contributed by atoms with E-state index in [1.54, 1.807) is 0 Å². The highest BCUT2D eigenvalue weighted by molar-refractivity contribution is 8.00. The Morgan fingerprint density at radius 3 is 2.73 bits per heavy atom. The fourth-order valence-electron chi connectivity index (χ4n) is 1.73. The Kier molecular flexibility index (Phi) is 5.42. The van der Waals surface area contributed by atoms with Gasteiger partial charge in [0.1, 0.15) is 0 Å². The molecule has 0 aromatic heterocycles. The number of carbonyl (C=O) groups excluding carboxylic acids is 1. The van der Waals surface area contributed by atoms with Crippen molar-refractivity contribution in [2.24, 2.45) is 11.5 Å². The van der Waals surface area contributed by atoms with Crippen molar-refractivity contribution >= 4 is 17.7 Å². The molecule has 0 bridgehead atoms. The summed E-state index contributed by atoms with van der Waals surface area (Å²) in [6.45, 7) is 0. The van der Waals surface area contributed by atoms with Gasteiger partial charge >= 0.3 is 5.97 Å². The van der Waals surface area contributed by atoms with Gasteiger partial charge in [-0.3, -0.25) is 4.79 Å². The van der Waals surface area contributed by atoms with Crippen molar-refractivity contribution in [2.75, 3.05) is 12.9 Å². The lowest BCUT2D eigenvalue weighted by Crippen LogP contribution is -2.43. The van der Waals surface area contributed by atoms with E-state index in [-0.39, 0.29) is 18.1 Å². The molecule has 1 heterocycles. The number of hydrogen-bond acceptors (Lipinski definition) is 5. The van der Waals surface area contributed by atoms with Crippen LogP contribution in [0, 0.1) is 0 Å². The number of methoxy groups -OCH3 is 1. The molecule has 0 aromatic rings. The summed E-state index contributed by atoms with van der Waals surface area (Å²) in [5.41, 5.74) is 11.8. The van der Waals surface area contributed by atoms with Crippen molar-refractivity contribution in [3.05, 3.63) is 0 Å². The number of unbranched alkanes of at least 4 members (excludes halogenated alkanes) is 1. The van der Waals surface area contributed by atoms with Gasteiger partial charge in [-0.05, 0) is 12.8 Å². The van der Waals surface area contributed by atoms with Gasteiger partial charge in [-0.25, -0.2) is 0 Å².